The highest BCUT2D eigenvalue weighted by Gasteiger charge is 2.25. The summed E-state index contributed by atoms with van der Waals surface area (Å²) in [4.78, 5) is 12.4. The lowest BCUT2D eigenvalue weighted by Gasteiger charge is -2.26. The van der Waals surface area contributed by atoms with Crippen LogP contribution in [-0.4, -0.2) is 41.5 Å². The Balaban J connectivity index is 2.76. The van der Waals surface area contributed by atoms with Gasteiger partial charge < -0.3 is 10.2 Å². The van der Waals surface area contributed by atoms with Crippen LogP contribution in [-0.2, 0) is 14.8 Å². The van der Waals surface area contributed by atoms with Crippen LogP contribution in [0, 0.1) is 5.41 Å². The van der Waals surface area contributed by atoms with Gasteiger partial charge in [-0.15, -0.1) is 0 Å². The van der Waals surface area contributed by atoms with E-state index in [4.69, 9.17) is 0 Å². The molecular formula is C15H26N3O3S+. The van der Waals surface area contributed by atoms with E-state index in [9.17, 15) is 13.2 Å². The normalized spacial score (nSPS) is 12.5. The Bertz CT molecular complexity index is 607. The summed E-state index contributed by atoms with van der Waals surface area (Å²) >= 11 is 0. The highest BCUT2D eigenvalue weighted by molar-refractivity contribution is 7.89. The van der Waals surface area contributed by atoms with Gasteiger partial charge in [-0.05, 0) is 24.3 Å². The first-order valence-corrected chi connectivity index (χ1v) is 8.66. The molecule has 1 aromatic carbocycles. The van der Waals surface area contributed by atoms with E-state index >= 15 is 0 Å². The molecule has 0 radical (unpaired) electrons. The smallest absolute Gasteiger partial charge is 0.240 e. The number of hydrogen-bond acceptors (Lipinski definition) is 3. The van der Waals surface area contributed by atoms with Crippen LogP contribution in [0.3, 0.4) is 0 Å². The van der Waals surface area contributed by atoms with E-state index in [1.54, 1.807) is 12.1 Å². The van der Waals surface area contributed by atoms with E-state index < -0.39 is 10.0 Å². The molecule has 0 aliphatic rings. The lowest BCUT2D eigenvalue weighted by Crippen LogP contribution is -3.07. The van der Waals surface area contributed by atoms with Crippen LogP contribution >= 0.6 is 0 Å². The molecule has 0 heterocycles. The monoisotopic (exact) mass is 328 g/mol. The van der Waals surface area contributed by atoms with Crippen LogP contribution in [0.25, 0.3) is 0 Å². The molecule has 0 saturated heterocycles. The molecule has 6 nitrogen and oxygen atoms in total. The third kappa shape index (κ3) is 6.13. The molecule has 0 aromatic heterocycles. The molecule has 3 N–H and O–H groups in total. The van der Waals surface area contributed by atoms with Crippen LogP contribution in [0.2, 0.25) is 0 Å². The summed E-state index contributed by atoms with van der Waals surface area (Å²) in [5, 5.41) is 2.60. The van der Waals surface area contributed by atoms with Crippen LogP contribution in [0.5, 0.6) is 0 Å². The lowest BCUT2D eigenvalue weighted by atomic mass is 9.93. The minimum atomic E-state index is -3.55. The standard InChI is InChI=1S/C15H25N3O3S/c1-12(19)17-13-6-8-14(9-7-13)22(20,21)16-10-15(2,3)11-18(4)5/h6-9,16H,10-11H2,1-5H3,(H,17,19)/p+1. The second-order valence-electron chi connectivity index (χ2n) is 6.58. The maximum absolute atomic E-state index is 12.3. The summed E-state index contributed by atoms with van der Waals surface area (Å²) in [6, 6.07) is 6.12. The second-order valence-corrected chi connectivity index (χ2v) is 8.35. The van der Waals surface area contributed by atoms with Crippen LogP contribution < -0.4 is 14.9 Å². The molecule has 0 saturated carbocycles. The van der Waals surface area contributed by atoms with Crippen molar-refractivity contribution < 1.29 is 18.1 Å². The van der Waals surface area contributed by atoms with Crippen molar-refractivity contribution in [2.24, 2.45) is 5.41 Å². The fraction of sp³-hybridized carbons (Fsp3) is 0.533. The van der Waals surface area contributed by atoms with Gasteiger partial charge in [-0.1, -0.05) is 13.8 Å². The van der Waals surface area contributed by atoms with Gasteiger partial charge in [0.2, 0.25) is 15.9 Å². The molecule has 22 heavy (non-hydrogen) atoms. The average Bonchev–Trinajstić information content (AvgIpc) is 2.35. The number of carbonyl (C=O) groups is 1. The predicted molar refractivity (Wildman–Crippen MR) is 87.4 cm³/mol. The number of amides is 1. The zero-order valence-electron chi connectivity index (χ0n) is 13.9. The van der Waals surface area contributed by atoms with Crippen molar-refractivity contribution in [2.45, 2.75) is 25.7 Å². The van der Waals surface area contributed by atoms with Gasteiger partial charge in [0.05, 0.1) is 25.5 Å². The number of hydrogen-bond donors (Lipinski definition) is 3. The zero-order valence-corrected chi connectivity index (χ0v) is 14.7. The van der Waals surface area contributed by atoms with Gasteiger partial charge in [-0.2, -0.15) is 0 Å². The molecule has 0 atom stereocenters. The Morgan fingerprint density at radius 3 is 2.18 bits per heavy atom. The SMILES string of the molecule is CC(=O)Nc1ccc(S(=O)(=O)NCC(C)(C)C[NH+](C)C)cc1. The minimum absolute atomic E-state index is 0.137. The van der Waals surface area contributed by atoms with Crippen molar-refractivity contribution in [3.05, 3.63) is 24.3 Å². The van der Waals surface area contributed by atoms with Gasteiger partial charge in [0, 0.05) is 24.6 Å². The van der Waals surface area contributed by atoms with Crippen molar-refractivity contribution in [1.82, 2.24) is 4.72 Å². The van der Waals surface area contributed by atoms with Gasteiger partial charge in [0.25, 0.3) is 0 Å². The highest BCUT2D eigenvalue weighted by Crippen LogP contribution is 2.16. The predicted octanol–water partition coefficient (Wildman–Crippen LogP) is 0.0940. The number of nitrogens with one attached hydrogen (secondary N) is 3. The van der Waals surface area contributed by atoms with Crippen molar-refractivity contribution in [3.63, 3.8) is 0 Å². The number of sulfonamides is 1. The molecule has 0 spiro atoms. The maximum atomic E-state index is 12.3. The summed E-state index contributed by atoms with van der Waals surface area (Å²) in [5.74, 6) is -0.193. The van der Waals surface area contributed by atoms with Gasteiger partial charge in [0.15, 0.2) is 0 Å². The third-order valence-corrected chi connectivity index (χ3v) is 4.47. The van der Waals surface area contributed by atoms with E-state index in [-0.39, 0.29) is 16.2 Å². The first-order chi connectivity index (χ1) is 10.0. The number of rotatable bonds is 7. The molecular weight excluding hydrogens is 302 g/mol. The first-order valence-electron chi connectivity index (χ1n) is 7.18. The number of benzene rings is 1. The van der Waals surface area contributed by atoms with Crippen LogP contribution in [0.4, 0.5) is 5.69 Å². The lowest BCUT2D eigenvalue weighted by molar-refractivity contribution is -0.865. The summed E-state index contributed by atoms with van der Waals surface area (Å²) in [6.45, 7) is 6.69. The molecule has 0 bridgehead atoms. The quantitative estimate of drug-likeness (QED) is 0.664. The van der Waals surface area contributed by atoms with Crippen LogP contribution in [0.1, 0.15) is 20.8 Å². The summed E-state index contributed by atoms with van der Waals surface area (Å²) in [5.41, 5.74) is 0.435. The van der Waals surface area contributed by atoms with E-state index in [1.165, 1.54) is 24.0 Å². The number of carbonyl (C=O) groups excluding carboxylic acids is 1. The Kier molecular flexibility index (Phi) is 6.10. The van der Waals surface area contributed by atoms with Gasteiger partial charge in [-0.25, -0.2) is 13.1 Å². The Morgan fingerprint density at radius 2 is 1.73 bits per heavy atom. The topological polar surface area (TPSA) is 79.7 Å². The van der Waals surface area contributed by atoms with Crippen molar-refractivity contribution in [1.29, 1.82) is 0 Å². The molecule has 1 amide bonds. The molecule has 7 heteroatoms. The van der Waals surface area contributed by atoms with E-state index in [1.807, 2.05) is 27.9 Å². The van der Waals surface area contributed by atoms with Gasteiger partial charge in [-0.3, -0.25) is 4.79 Å². The third-order valence-electron chi connectivity index (χ3n) is 3.06. The van der Waals surface area contributed by atoms with Crippen molar-refractivity contribution >= 4 is 21.6 Å². The summed E-state index contributed by atoms with van der Waals surface area (Å²) in [7, 11) is 0.531. The molecule has 0 fully saturated rings. The minimum Gasteiger partial charge on any atom is -0.339 e. The fourth-order valence-electron chi connectivity index (χ4n) is 2.31. The van der Waals surface area contributed by atoms with Crippen molar-refractivity contribution in [3.8, 4) is 0 Å². The van der Waals surface area contributed by atoms with Crippen LogP contribution in [0.15, 0.2) is 29.2 Å². The summed E-state index contributed by atoms with van der Waals surface area (Å²) < 4.78 is 27.2. The first kappa shape index (κ1) is 18.6. The van der Waals surface area contributed by atoms with Gasteiger partial charge in [0.1, 0.15) is 0 Å². The number of quaternary nitrogens is 1. The largest absolute Gasteiger partial charge is 0.339 e. The molecule has 1 aromatic rings. The Morgan fingerprint density at radius 1 is 1.18 bits per heavy atom. The molecule has 124 valence electrons. The summed E-state index contributed by atoms with van der Waals surface area (Å²) in [6.07, 6.45) is 0. The second kappa shape index (κ2) is 7.21. The Hall–Kier alpha value is -1.44. The molecule has 0 unspecified atom stereocenters. The van der Waals surface area contributed by atoms with Gasteiger partial charge >= 0.3 is 0 Å². The van der Waals surface area contributed by atoms with E-state index in [0.29, 0.717) is 12.2 Å². The molecule has 1 rings (SSSR count). The molecule has 0 aliphatic carbocycles. The maximum Gasteiger partial charge on any atom is 0.240 e. The van der Waals surface area contributed by atoms with Crippen molar-refractivity contribution in [2.75, 3.05) is 32.5 Å². The number of anilines is 1. The fourth-order valence-corrected chi connectivity index (χ4v) is 3.56. The average molecular weight is 328 g/mol. The van der Waals surface area contributed by atoms with E-state index in [2.05, 4.69) is 10.0 Å². The van der Waals surface area contributed by atoms with E-state index in [0.717, 1.165) is 6.54 Å². The zero-order chi connectivity index (χ0) is 17.0. The Labute approximate surface area is 132 Å². The molecule has 0 aliphatic heterocycles. The highest BCUT2D eigenvalue weighted by atomic mass is 32.2.